The molecule has 2 unspecified atom stereocenters. The zero-order chi connectivity index (χ0) is 14.4. The van der Waals surface area contributed by atoms with Crippen molar-refractivity contribution in [2.45, 2.75) is 38.2 Å². The van der Waals surface area contributed by atoms with Gasteiger partial charge in [0.25, 0.3) is 0 Å². The second-order valence-corrected chi connectivity index (χ2v) is 5.58. The molecule has 104 valence electrons. The molecule has 1 rings (SSSR count). The van der Waals surface area contributed by atoms with Gasteiger partial charge < -0.3 is 4.74 Å². The molecule has 3 heteroatoms. The molecule has 19 heavy (non-hydrogen) atoms. The second-order valence-electron chi connectivity index (χ2n) is 4.73. The first-order chi connectivity index (χ1) is 9.01. The minimum atomic E-state index is -0.318. The van der Waals surface area contributed by atoms with Crippen molar-refractivity contribution in [3.63, 3.8) is 0 Å². The summed E-state index contributed by atoms with van der Waals surface area (Å²) >= 11 is 1.67. The molecule has 0 saturated heterocycles. The SMILES string of the molecule is C=C(C)C(=O)OC(c1ccccc1SC)C(C)CC. The van der Waals surface area contributed by atoms with E-state index in [2.05, 4.69) is 26.5 Å². The zero-order valence-electron chi connectivity index (χ0n) is 12.1. The van der Waals surface area contributed by atoms with Gasteiger partial charge in [0.2, 0.25) is 0 Å². The first kappa shape index (κ1) is 15.8. The summed E-state index contributed by atoms with van der Waals surface area (Å²) in [6, 6.07) is 8.08. The highest BCUT2D eigenvalue weighted by Gasteiger charge is 2.24. The summed E-state index contributed by atoms with van der Waals surface area (Å²) in [7, 11) is 0. The Morgan fingerprint density at radius 1 is 1.42 bits per heavy atom. The van der Waals surface area contributed by atoms with E-state index in [-0.39, 0.29) is 18.0 Å². The smallest absolute Gasteiger partial charge is 0.333 e. The predicted molar refractivity (Wildman–Crippen MR) is 81.3 cm³/mol. The number of benzene rings is 1. The molecule has 0 aliphatic rings. The van der Waals surface area contributed by atoms with Gasteiger partial charge in [0.1, 0.15) is 6.10 Å². The molecule has 0 N–H and O–H groups in total. The number of esters is 1. The molecule has 0 heterocycles. The van der Waals surface area contributed by atoms with Crippen LogP contribution in [-0.2, 0) is 9.53 Å². The highest BCUT2D eigenvalue weighted by atomic mass is 32.2. The van der Waals surface area contributed by atoms with Crippen molar-refractivity contribution in [1.29, 1.82) is 0 Å². The fourth-order valence-electron chi connectivity index (χ4n) is 1.82. The van der Waals surface area contributed by atoms with Crippen molar-refractivity contribution in [1.82, 2.24) is 0 Å². The normalized spacial score (nSPS) is 13.7. The van der Waals surface area contributed by atoms with Crippen LogP contribution in [0.2, 0.25) is 0 Å². The standard InChI is InChI=1S/C16H22O2S/c1-6-12(4)15(18-16(17)11(2)3)13-9-7-8-10-14(13)19-5/h7-10,12,15H,2,6H2,1,3-5H3. The highest BCUT2D eigenvalue weighted by Crippen LogP contribution is 2.34. The fourth-order valence-corrected chi connectivity index (χ4v) is 2.45. The Morgan fingerprint density at radius 2 is 2.05 bits per heavy atom. The third kappa shape index (κ3) is 4.13. The maximum Gasteiger partial charge on any atom is 0.333 e. The van der Waals surface area contributed by atoms with Crippen molar-refractivity contribution < 1.29 is 9.53 Å². The number of rotatable bonds is 6. The Kier molecular flexibility index (Phi) is 6.16. The van der Waals surface area contributed by atoms with E-state index < -0.39 is 0 Å². The van der Waals surface area contributed by atoms with Gasteiger partial charge in [0.15, 0.2) is 0 Å². The summed E-state index contributed by atoms with van der Waals surface area (Å²) < 4.78 is 5.64. The van der Waals surface area contributed by atoms with Gasteiger partial charge in [0, 0.05) is 16.0 Å². The minimum Gasteiger partial charge on any atom is -0.454 e. The molecule has 0 fully saturated rings. The number of thioether (sulfide) groups is 1. The topological polar surface area (TPSA) is 26.3 Å². The van der Waals surface area contributed by atoms with Crippen LogP contribution < -0.4 is 0 Å². The molecule has 0 aromatic heterocycles. The Morgan fingerprint density at radius 3 is 2.58 bits per heavy atom. The first-order valence-electron chi connectivity index (χ1n) is 6.50. The predicted octanol–water partition coefficient (Wildman–Crippen LogP) is 4.62. The van der Waals surface area contributed by atoms with Crippen LogP contribution in [0.15, 0.2) is 41.3 Å². The summed E-state index contributed by atoms with van der Waals surface area (Å²) in [5.41, 5.74) is 1.52. The van der Waals surface area contributed by atoms with Gasteiger partial charge in [0.05, 0.1) is 0 Å². The van der Waals surface area contributed by atoms with E-state index in [4.69, 9.17) is 4.74 Å². The molecule has 0 aliphatic carbocycles. The Balaban J connectivity index is 3.09. The van der Waals surface area contributed by atoms with Gasteiger partial charge in [-0.05, 0) is 31.6 Å². The average molecular weight is 278 g/mol. The molecular weight excluding hydrogens is 256 g/mol. The number of hydrogen-bond acceptors (Lipinski definition) is 3. The van der Waals surface area contributed by atoms with Crippen LogP contribution >= 0.6 is 11.8 Å². The van der Waals surface area contributed by atoms with E-state index in [0.29, 0.717) is 5.57 Å². The zero-order valence-corrected chi connectivity index (χ0v) is 12.9. The molecule has 1 aromatic rings. The monoisotopic (exact) mass is 278 g/mol. The molecule has 0 radical (unpaired) electrons. The summed E-state index contributed by atoms with van der Waals surface area (Å²) in [4.78, 5) is 13.0. The van der Waals surface area contributed by atoms with Gasteiger partial charge in [-0.15, -0.1) is 11.8 Å². The van der Waals surface area contributed by atoms with Crippen LogP contribution in [0.1, 0.15) is 38.9 Å². The molecule has 1 aromatic carbocycles. The minimum absolute atomic E-state index is 0.210. The van der Waals surface area contributed by atoms with E-state index in [1.807, 2.05) is 24.5 Å². The fraction of sp³-hybridized carbons (Fsp3) is 0.438. The van der Waals surface area contributed by atoms with Crippen molar-refractivity contribution >= 4 is 17.7 Å². The lowest BCUT2D eigenvalue weighted by Crippen LogP contribution is -2.18. The number of carbonyl (C=O) groups excluding carboxylic acids is 1. The van der Waals surface area contributed by atoms with E-state index in [9.17, 15) is 4.79 Å². The van der Waals surface area contributed by atoms with Crippen LogP contribution in [0.4, 0.5) is 0 Å². The quantitative estimate of drug-likeness (QED) is 0.431. The third-order valence-corrected chi connectivity index (χ3v) is 4.00. The van der Waals surface area contributed by atoms with Crippen LogP contribution in [0.5, 0.6) is 0 Å². The first-order valence-corrected chi connectivity index (χ1v) is 7.73. The summed E-state index contributed by atoms with van der Waals surface area (Å²) in [6.07, 6.45) is 2.78. The molecule has 0 saturated carbocycles. The Hall–Kier alpha value is -1.22. The third-order valence-electron chi connectivity index (χ3n) is 3.19. The molecule has 0 bridgehead atoms. The van der Waals surface area contributed by atoms with Crippen molar-refractivity contribution in [2.24, 2.45) is 5.92 Å². The highest BCUT2D eigenvalue weighted by molar-refractivity contribution is 7.98. The van der Waals surface area contributed by atoms with Crippen molar-refractivity contribution in [2.75, 3.05) is 6.26 Å². The molecule has 0 spiro atoms. The van der Waals surface area contributed by atoms with Crippen LogP contribution in [0.25, 0.3) is 0 Å². The summed E-state index contributed by atoms with van der Waals surface area (Å²) in [6.45, 7) is 9.54. The van der Waals surface area contributed by atoms with E-state index in [0.717, 1.165) is 16.9 Å². The lowest BCUT2D eigenvalue weighted by atomic mass is 9.95. The average Bonchev–Trinajstić information content (AvgIpc) is 2.43. The van der Waals surface area contributed by atoms with Crippen molar-refractivity contribution in [3.05, 3.63) is 42.0 Å². The number of carbonyl (C=O) groups is 1. The van der Waals surface area contributed by atoms with Gasteiger partial charge in [-0.25, -0.2) is 4.79 Å². The van der Waals surface area contributed by atoms with Gasteiger partial charge in [-0.3, -0.25) is 0 Å². The van der Waals surface area contributed by atoms with E-state index in [1.165, 1.54) is 0 Å². The molecular formula is C16H22O2S. The number of hydrogen-bond donors (Lipinski definition) is 0. The van der Waals surface area contributed by atoms with Gasteiger partial charge in [-0.1, -0.05) is 38.6 Å². The molecule has 0 amide bonds. The van der Waals surface area contributed by atoms with Gasteiger partial charge >= 0.3 is 5.97 Å². The maximum atomic E-state index is 11.8. The lowest BCUT2D eigenvalue weighted by Gasteiger charge is -2.25. The van der Waals surface area contributed by atoms with Crippen LogP contribution in [-0.4, -0.2) is 12.2 Å². The number of ether oxygens (including phenoxy) is 1. The van der Waals surface area contributed by atoms with Gasteiger partial charge in [-0.2, -0.15) is 0 Å². The Bertz CT molecular complexity index is 454. The van der Waals surface area contributed by atoms with Crippen LogP contribution in [0.3, 0.4) is 0 Å². The summed E-state index contributed by atoms with van der Waals surface area (Å²) in [5, 5.41) is 0. The second kappa shape index (κ2) is 7.39. The lowest BCUT2D eigenvalue weighted by molar-refractivity contribution is -0.147. The van der Waals surface area contributed by atoms with E-state index in [1.54, 1.807) is 18.7 Å². The van der Waals surface area contributed by atoms with Crippen molar-refractivity contribution in [3.8, 4) is 0 Å². The summed E-state index contributed by atoms with van der Waals surface area (Å²) in [5.74, 6) is -0.0437. The molecule has 2 nitrogen and oxygen atoms in total. The van der Waals surface area contributed by atoms with E-state index >= 15 is 0 Å². The maximum absolute atomic E-state index is 11.8. The Labute approximate surface area is 120 Å². The van der Waals surface area contributed by atoms with Crippen LogP contribution in [0, 0.1) is 5.92 Å². The molecule has 0 aliphatic heterocycles. The molecule has 2 atom stereocenters. The largest absolute Gasteiger partial charge is 0.454 e.